The van der Waals surface area contributed by atoms with E-state index in [-0.39, 0.29) is 24.3 Å². The summed E-state index contributed by atoms with van der Waals surface area (Å²) in [6.45, 7) is 0. The first kappa shape index (κ1) is 26.8. The van der Waals surface area contributed by atoms with E-state index in [0.29, 0.717) is 42.3 Å². The molecule has 2 atom stereocenters. The Bertz CT molecular complexity index is 956. The molecule has 34 heavy (non-hydrogen) atoms. The molecule has 0 aliphatic heterocycles. The monoisotopic (exact) mass is 474 g/mol. The van der Waals surface area contributed by atoms with Gasteiger partial charge in [-0.2, -0.15) is 0 Å². The molecule has 0 heterocycles. The molecule has 0 amide bonds. The molecule has 0 saturated heterocycles. The van der Waals surface area contributed by atoms with Gasteiger partial charge in [-0.05, 0) is 60.6 Å². The Hall–Kier alpha value is -3.42. The standard InChI is InChI=1S/C26H34O8/c1-29-21-10-7-17(15-23(21)31-3)13-19(9-12-25(27)33-5)20(26(28)34-6)14-18-8-11-22(30-2)24(16-18)32-4/h7-8,10-11,15-16,19-20H,9,12-14H2,1-6H3/t19-,20-/m1/s1. The van der Waals surface area contributed by atoms with Crippen molar-refractivity contribution < 1.29 is 38.0 Å². The highest BCUT2D eigenvalue weighted by atomic mass is 16.5. The number of ether oxygens (including phenoxy) is 6. The Labute approximate surface area is 201 Å². The van der Waals surface area contributed by atoms with Crippen LogP contribution in [0.25, 0.3) is 0 Å². The van der Waals surface area contributed by atoms with E-state index < -0.39 is 5.92 Å². The van der Waals surface area contributed by atoms with Crippen LogP contribution in [-0.4, -0.2) is 54.6 Å². The largest absolute Gasteiger partial charge is 0.493 e. The molecule has 2 aromatic rings. The van der Waals surface area contributed by atoms with Gasteiger partial charge in [0.2, 0.25) is 0 Å². The third kappa shape index (κ3) is 7.04. The fourth-order valence-corrected chi connectivity index (χ4v) is 4.02. The highest BCUT2D eigenvalue weighted by molar-refractivity contribution is 5.73. The van der Waals surface area contributed by atoms with E-state index in [1.54, 1.807) is 34.5 Å². The maximum atomic E-state index is 12.9. The van der Waals surface area contributed by atoms with Gasteiger partial charge < -0.3 is 28.4 Å². The Morgan fingerprint density at radius 3 is 1.62 bits per heavy atom. The first-order valence-electron chi connectivity index (χ1n) is 11.0. The predicted octanol–water partition coefficient (Wildman–Crippen LogP) is 3.86. The summed E-state index contributed by atoms with van der Waals surface area (Å²) in [6, 6.07) is 11.2. The number of methoxy groups -OCH3 is 6. The van der Waals surface area contributed by atoms with Crippen molar-refractivity contribution >= 4 is 11.9 Å². The van der Waals surface area contributed by atoms with E-state index in [1.165, 1.54) is 14.2 Å². The minimum absolute atomic E-state index is 0.188. The molecule has 8 nitrogen and oxygen atoms in total. The predicted molar refractivity (Wildman–Crippen MR) is 127 cm³/mol. The molecule has 0 spiro atoms. The topological polar surface area (TPSA) is 89.5 Å². The van der Waals surface area contributed by atoms with Crippen molar-refractivity contribution in [2.45, 2.75) is 25.7 Å². The average Bonchev–Trinajstić information content (AvgIpc) is 2.88. The molecule has 0 aromatic heterocycles. The van der Waals surface area contributed by atoms with Crippen LogP contribution in [0, 0.1) is 11.8 Å². The summed E-state index contributed by atoms with van der Waals surface area (Å²) >= 11 is 0. The van der Waals surface area contributed by atoms with Gasteiger partial charge in [0.25, 0.3) is 0 Å². The van der Waals surface area contributed by atoms with Crippen molar-refractivity contribution in [3.05, 3.63) is 47.5 Å². The number of hydrogen-bond donors (Lipinski definition) is 0. The van der Waals surface area contributed by atoms with E-state index in [2.05, 4.69) is 0 Å². The van der Waals surface area contributed by atoms with Crippen molar-refractivity contribution in [3.63, 3.8) is 0 Å². The first-order chi connectivity index (χ1) is 16.4. The van der Waals surface area contributed by atoms with Crippen molar-refractivity contribution in [1.29, 1.82) is 0 Å². The summed E-state index contributed by atoms with van der Waals surface area (Å²) in [7, 11) is 9.01. The van der Waals surface area contributed by atoms with Crippen LogP contribution in [0.15, 0.2) is 36.4 Å². The molecule has 0 N–H and O–H groups in total. The van der Waals surface area contributed by atoms with E-state index in [4.69, 9.17) is 28.4 Å². The van der Waals surface area contributed by atoms with Gasteiger partial charge >= 0.3 is 11.9 Å². The lowest BCUT2D eigenvalue weighted by Gasteiger charge is -2.26. The Morgan fingerprint density at radius 2 is 1.18 bits per heavy atom. The number of rotatable bonds is 13. The molecular formula is C26H34O8. The number of benzene rings is 2. The minimum Gasteiger partial charge on any atom is -0.493 e. The molecule has 2 rings (SSSR count). The second-order valence-electron chi connectivity index (χ2n) is 7.79. The normalized spacial score (nSPS) is 12.3. The van der Waals surface area contributed by atoms with Crippen LogP contribution in [0.2, 0.25) is 0 Å². The zero-order valence-electron chi connectivity index (χ0n) is 20.7. The maximum Gasteiger partial charge on any atom is 0.309 e. The molecule has 2 aromatic carbocycles. The van der Waals surface area contributed by atoms with Gasteiger partial charge in [-0.3, -0.25) is 9.59 Å². The molecule has 0 fully saturated rings. The fourth-order valence-electron chi connectivity index (χ4n) is 4.02. The third-order valence-electron chi connectivity index (χ3n) is 5.87. The molecule has 186 valence electrons. The molecule has 0 radical (unpaired) electrons. The lowest BCUT2D eigenvalue weighted by Crippen LogP contribution is -2.29. The minimum atomic E-state index is -0.499. The molecule has 0 aliphatic carbocycles. The van der Waals surface area contributed by atoms with E-state index >= 15 is 0 Å². The summed E-state index contributed by atoms with van der Waals surface area (Å²) in [4.78, 5) is 24.8. The van der Waals surface area contributed by atoms with Crippen molar-refractivity contribution in [2.24, 2.45) is 11.8 Å². The van der Waals surface area contributed by atoms with Gasteiger partial charge in [-0.1, -0.05) is 12.1 Å². The van der Waals surface area contributed by atoms with Crippen LogP contribution in [0.5, 0.6) is 23.0 Å². The quantitative estimate of drug-likeness (QED) is 0.404. The van der Waals surface area contributed by atoms with E-state index in [1.807, 2.05) is 30.3 Å². The molecule has 8 heteroatoms. The molecular weight excluding hydrogens is 440 g/mol. The van der Waals surface area contributed by atoms with Crippen molar-refractivity contribution in [2.75, 3.05) is 42.7 Å². The van der Waals surface area contributed by atoms with Gasteiger partial charge in [0.05, 0.1) is 48.6 Å². The van der Waals surface area contributed by atoms with Gasteiger partial charge in [0.15, 0.2) is 23.0 Å². The van der Waals surface area contributed by atoms with Crippen molar-refractivity contribution in [3.8, 4) is 23.0 Å². The van der Waals surface area contributed by atoms with Crippen LogP contribution in [0.4, 0.5) is 0 Å². The second-order valence-corrected chi connectivity index (χ2v) is 7.79. The molecule has 0 saturated carbocycles. The van der Waals surface area contributed by atoms with Crippen LogP contribution in [0.3, 0.4) is 0 Å². The van der Waals surface area contributed by atoms with Crippen LogP contribution < -0.4 is 18.9 Å². The van der Waals surface area contributed by atoms with Gasteiger partial charge in [-0.25, -0.2) is 0 Å². The van der Waals surface area contributed by atoms with Gasteiger partial charge in [0, 0.05) is 6.42 Å². The Balaban J connectivity index is 2.40. The third-order valence-corrected chi connectivity index (χ3v) is 5.87. The highest BCUT2D eigenvalue weighted by Crippen LogP contribution is 2.34. The van der Waals surface area contributed by atoms with Crippen LogP contribution in [-0.2, 0) is 31.9 Å². The molecule has 0 unspecified atom stereocenters. The van der Waals surface area contributed by atoms with Gasteiger partial charge in [-0.15, -0.1) is 0 Å². The number of carbonyl (C=O) groups excluding carboxylic acids is 2. The van der Waals surface area contributed by atoms with Crippen LogP contribution >= 0.6 is 0 Å². The summed E-state index contributed by atoms with van der Waals surface area (Å²) in [5.41, 5.74) is 1.84. The number of carbonyl (C=O) groups is 2. The SMILES string of the molecule is COC(=O)CC[C@H](Cc1ccc(OC)c(OC)c1)[C@@H](Cc1ccc(OC)c(OC)c1)C(=O)OC. The van der Waals surface area contributed by atoms with Crippen LogP contribution in [0.1, 0.15) is 24.0 Å². The first-order valence-corrected chi connectivity index (χ1v) is 11.0. The highest BCUT2D eigenvalue weighted by Gasteiger charge is 2.31. The lowest BCUT2D eigenvalue weighted by atomic mass is 9.80. The van der Waals surface area contributed by atoms with E-state index in [9.17, 15) is 9.59 Å². The lowest BCUT2D eigenvalue weighted by molar-refractivity contribution is -0.148. The van der Waals surface area contributed by atoms with E-state index in [0.717, 1.165) is 11.1 Å². The molecule has 0 bridgehead atoms. The average molecular weight is 475 g/mol. The summed E-state index contributed by atoms with van der Waals surface area (Å²) in [5.74, 6) is 1.03. The van der Waals surface area contributed by atoms with Gasteiger partial charge in [0.1, 0.15) is 0 Å². The number of esters is 2. The summed E-state index contributed by atoms with van der Waals surface area (Å²) < 4.78 is 31.5. The Morgan fingerprint density at radius 1 is 0.676 bits per heavy atom. The summed E-state index contributed by atoms with van der Waals surface area (Å²) in [6.07, 6.45) is 1.58. The zero-order valence-corrected chi connectivity index (χ0v) is 20.7. The Kier molecular flexibility index (Phi) is 10.5. The maximum absolute atomic E-state index is 12.9. The number of hydrogen-bond acceptors (Lipinski definition) is 8. The molecule has 0 aliphatic rings. The summed E-state index contributed by atoms with van der Waals surface area (Å²) in [5, 5.41) is 0. The van der Waals surface area contributed by atoms with Crippen molar-refractivity contribution in [1.82, 2.24) is 0 Å². The fraction of sp³-hybridized carbons (Fsp3) is 0.462. The smallest absolute Gasteiger partial charge is 0.309 e. The zero-order chi connectivity index (χ0) is 25.1. The second kappa shape index (κ2) is 13.3.